The zero-order valence-electron chi connectivity index (χ0n) is 13.8. The number of hydrogen-bond acceptors (Lipinski definition) is 4. The molecule has 0 saturated carbocycles. The lowest BCUT2D eigenvalue weighted by Gasteiger charge is -2.16. The number of aromatic nitrogens is 1. The number of carbonyl (C=O) groups is 1. The Labute approximate surface area is 146 Å². The van der Waals surface area contributed by atoms with Crippen LogP contribution in [0.3, 0.4) is 0 Å². The minimum Gasteiger partial charge on any atom is -0.457 e. The molecule has 1 amide bonds. The number of hydrogen-bond donors (Lipinski definition) is 1. The number of amides is 1. The Morgan fingerprint density at radius 2 is 2.00 bits per heavy atom. The van der Waals surface area contributed by atoms with Crippen LogP contribution in [0.4, 0.5) is 11.5 Å². The minimum atomic E-state index is -0.212. The van der Waals surface area contributed by atoms with Gasteiger partial charge in [0.05, 0.1) is 11.9 Å². The molecule has 126 valence electrons. The lowest BCUT2D eigenvalue weighted by molar-refractivity contribution is -0.111. The van der Waals surface area contributed by atoms with E-state index in [1.165, 1.54) is 18.9 Å². The molecule has 1 aromatic carbocycles. The van der Waals surface area contributed by atoms with Gasteiger partial charge in [0.25, 0.3) is 0 Å². The topological polar surface area (TPSA) is 58.4 Å². The fourth-order valence-electron chi connectivity index (χ4n) is 3.02. The Balaban J connectivity index is 1.39. The Morgan fingerprint density at radius 3 is 2.76 bits per heavy atom. The van der Waals surface area contributed by atoms with Gasteiger partial charge in [-0.05, 0) is 43.2 Å². The van der Waals surface area contributed by atoms with Gasteiger partial charge < -0.3 is 14.6 Å². The van der Waals surface area contributed by atoms with Crippen LogP contribution in [-0.4, -0.2) is 24.0 Å². The van der Waals surface area contributed by atoms with Crippen molar-refractivity contribution in [2.45, 2.75) is 12.8 Å². The summed E-state index contributed by atoms with van der Waals surface area (Å²) in [7, 11) is 0. The molecule has 0 atom stereocenters. The van der Waals surface area contributed by atoms with E-state index in [9.17, 15) is 4.79 Å². The second-order valence-corrected chi connectivity index (χ2v) is 6.11. The third-order valence-electron chi connectivity index (χ3n) is 4.29. The van der Waals surface area contributed by atoms with Gasteiger partial charge in [0.1, 0.15) is 17.2 Å². The Bertz CT molecular complexity index is 873. The average molecular weight is 333 g/mol. The van der Waals surface area contributed by atoms with Crippen LogP contribution in [0.25, 0.3) is 17.0 Å². The van der Waals surface area contributed by atoms with Gasteiger partial charge in [-0.25, -0.2) is 4.98 Å². The van der Waals surface area contributed by atoms with Gasteiger partial charge in [0, 0.05) is 24.6 Å². The molecule has 1 N–H and O–H groups in total. The Kier molecular flexibility index (Phi) is 4.21. The summed E-state index contributed by atoms with van der Waals surface area (Å²) in [5.74, 6) is 1.41. The van der Waals surface area contributed by atoms with Crippen molar-refractivity contribution < 1.29 is 9.21 Å². The quantitative estimate of drug-likeness (QED) is 0.731. The highest BCUT2D eigenvalue weighted by molar-refractivity contribution is 6.01. The number of benzene rings is 1. The van der Waals surface area contributed by atoms with Gasteiger partial charge in [0.2, 0.25) is 5.91 Å². The van der Waals surface area contributed by atoms with E-state index in [-0.39, 0.29) is 5.91 Å². The van der Waals surface area contributed by atoms with Crippen molar-refractivity contribution in [1.82, 2.24) is 4.98 Å². The molecule has 5 heteroatoms. The second kappa shape index (κ2) is 6.81. The van der Waals surface area contributed by atoms with Gasteiger partial charge >= 0.3 is 0 Å². The third-order valence-corrected chi connectivity index (χ3v) is 4.29. The van der Waals surface area contributed by atoms with Crippen LogP contribution < -0.4 is 10.2 Å². The van der Waals surface area contributed by atoms with Gasteiger partial charge in [-0.15, -0.1) is 0 Å². The normalized spacial score (nSPS) is 14.5. The fourth-order valence-corrected chi connectivity index (χ4v) is 3.02. The van der Waals surface area contributed by atoms with Crippen LogP contribution in [0.15, 0.2) is 59.2 Å². The Hall–Kier alpha value is -3.08. The van der Waals surface area contributed by atoms with E-state index in [2.05, 4.69) is 15.2 Å². The molecule has 0 unspecified atom stereocenters. The van der Waals surface area contributed by atoms with Crippen LogP contribution in [0.2, 0.25) is 0 Å². The lowest BCUT2D eigenvalue weighted by Crippen LogP contribution is -2.18. The molecule has 0 radical (unpaired) electrons. The number of rotatable bonds is 4. The number of nitrogens with one attached hydrogen (secondary N) is 1. The molecule has 0 spiro atoms. The van der Waals surface area contributed by atoms with Crippen molar-refractivity contribution in [3.8, 4) is 0 Å². The first-order valence-electron chi connectivity index (χ1n) is 8.46. The zero-order chi connectivity index (χ0) is 17.1. The highest BCUT2D eigenvalue weighted by Crippen LogP contribution is 2.20. The molecule has 1 saturated heterocycles. The average Bonchev–Trinajstić information content (AvgIpc) is 3.30. The Morgan fingerprint density at radius 1 is 1.16 bits per heavy atom. The van der Waals surface area contributed by atoms with E-state index in [1.807, 2.05) is 42.5 Å². The van der Waals surface area contributed by atoms with Gasteiger partial charge in [-0.1, -0.05) is 18.2 Å². The standard InChI is InChI=1S/C20H19N3O2/c24-20(10-8-17-13-15-5-1-2-6-18(15)25-17)22-16-7-9-19(21-14-16)23-11-3-4-12-23/h1-2,5-10,13-14H,3-4,11-12H2,(H,22,24)/b10-8+. The predicted molar refractivity (Wildman–Crippen MR) is 99.6 cm³/mol. The SMILES string of the molecule is O=C(/C=C/c1cc2ccccc2o1)Nc1ccc(N2CCCC2)nc1. The van der Waals surface area contributed by atoms with Crippen LogP contribution >= 0.6 is 0 Å². The monoisotopic (exact) mass is 333 g/mol. The van der Waals surface area contributed by atoms with Crippen molar-refractivity contribution in [2.24, 2.45) is 0 Å². The first kappa shape index (κ1) is 15.4. The minimum absolute atomic E-state index is 0.212. The molecule has 3 heterocycles. The molecule has 1 fully saturated rings. The number of nitrogens with zero attached hydrogens (tertiary/aromatic N) is 2. The summed E-state index contributed by atoms with van der Waals surface area (Å²) in [6.45, 7) is 2.11. The van der Waals surface area contributed by atoms with Gasteiger partial charge in [-0.2, -0.15) is 0 Å². The highest BCUT2D eigenvalue weighted by atomic mass is 16.3. The number of fused-ring (bicyclic) bond motifs is 1. The molecule has 0 aliphatic carbocycles. The van der Waals surface area contributed by atoms with Crippen molar-refractivity contribution in [2.75, 3.05) is 23.3 Å². The number of pyridine rings is 1. The van der Waals surface area contributed by atoms with E-state index in [1.54, 1.807) is 12.3 Å². The summed E-state index contributed by atoms with van der Waals surface area (Å²) >= 11 is 0. The maximum absolute atomic E-state index is 12.1. The van der Waals surface area contributed by atoms with Crippen LogP contribution in [0.1, 0.15) is 18.6 Å². The summed E-state index contributed by atoms with van der Waals surface area (Å²) in [5, 5.41) is 3.83. The van der Waals surface area contributed by atoms with E-state index < -0.39 is 0 Å². The van der Waals surface area contributed by atoms with Crippen molar-refractivity contribution in [3.63, 3.8) is 0 Å². The number of carbonyl (C=O) groups excluding carboxylic acids is 1. The summed E-state index contributed by atoms with van der Waals surface area (Å²) in [4.78, 5) is 18.8. The summed E-state index contributed by atoms with van der Waals surface area (Å²) in [5.41, 5.74) is 1.49. The maximum Gasteiger partial charge on any atom is 0.248 e. The molecule has 0 bridgehead atoms. The second-order valence-electron chi connectivity index (χ2n) is 6.11. The van der Waals surface area contributed by atoms with Crippen LogP contribution in [0, 0.1) is 0 Å². The molecular weight excluding hydrogens is 314 g/mol. The van der Waals surface area contributed by atoms with Crippen LogP contribution in [0.5, 0.6) is 0 Å². The van der Waals surface area contributed by atoms with E-state index in [0.29, 0.717) is 11.4 Å². The summed E-state index contributed by atoms with van der Waals surface area (Å²) in [6, 6.07) is 13.5. The molecule has 25 heavy (non-hydrogen) atoms. The summed E-state index contributed by atoms with van der Waals surface area (Å²) in [6.07, 6.45) is 7.26. The maximum atomic E-state index is 12.1. The predicted octanol–water partition coefficient (Wildman–Crippen LogP) is 4.08. The molecule has 5 nitrogen and oxygen atoms in total. The van der Waals surface area contributed by atoms with Gasteiger partial charge in [0.15, 0.2) is 0 Å². The molecule has 3 aromatic rings. The first-order chi connectivity index (χ1) is 12.3. The lowest BCUT2D eigenvalue weighted by atomic mass is 10.2. The fraction of sp³-hybridized carbons (Fsp3) is 0.200. The molecule has 4 rings (SSSR count). The van der Waals surface area contributed by atoms with E-state index >= 15 is 0 Å². The molecule has 2 aromatic heterocycles. The van der Waals surface area contributed by atoms with Crippen molar-refractivity contribution in [1.29, 1.82) is 0 Å². The molecule has 1 aliphatic rings. The smallest absolute Gasteiger partial charge is 0.248 e. The summed E-state index contributed by atoms with van der Waals surface area (Å²) < 4.78 is 5.66. The highest BCUT2D eigenvalue weighted by Gasteiger charge is 2.13. The number of anilines is 2. The molecule has 1 aliphatic heterocycles. The van der Waals surface area contributed by atoms with E-state index in [0.717, 1.165) is 29.9 Å². The number of furan rings is 1. The van der Waals surface area contributed by atoms with E-state index in [4.69, 9.17) is 4.42 Å². The van der Waals surface area contributed by atoms with Gasteiger partial charge in [-0.3, -0.25) is 4.79 Å². The number of para-hydroxylation sites is 1. The van der Waals surface area contributed by atoms with Crippen molar-refractivity contribution >= 4 is 34.5 Å². The molecular formula is C20H19N3O2. The van der Waals surface area contributed by atoms with Crippen molar-refractivity contribution in [3.05, 3.63) is 60.5 Å². The first-order valence-corrected chi connectivity index (χ1v) is 8.46. The third kappa shape index (κ3) is 3.55. The largest absolute Gasteiger partial charge is 0.457 e. The van der Waals surface area contributed by atoms with Crippen LogP contribution in [-0.2, 0) is 4.79 Å². The zero-order valence-corrected chi connectivity index (χ0v) is 13.8.